The van der Waals surface area contributed by atoms with E-state index in [1.807, 2.05) is 6.07 Å². The summed E-state index contributed by atoms with van der Waals surface area (Å²) in [7, 11) is 0. The molecule has 2 rings (SSSR count). The summed E-state index contributed by atoms with van der Waals surface area (Å²) in [6, 6.07) is 4.15. The molecule has 0 aliphatic rings. The average Bonchev–Trinajstić information content (AvgIpc) is 2.84. The van der Waals surface area contributed by atoms with Crippen LogP contribution in [0.3, 0.4) is 0 Å². The number of halogens is 4. The van der Waals surface area contributed by atoms with E-state index >= 15 is 0 Å². The van der Waals surface area contributed by atoms with E-state index in [4.69, 9.17) is 23.2 Å². The van der Waals surface area contributed by atoms with Crippen LogP contribution in [0.15, 0.2) is 20.4 Å². The van der Waals surface area contributed by atoms with Crippen LogP contribution in [-0.2, 0) is 0 Å². The highest BCUT2D eigenvalue weighted by Gasteiger charge is 2.21. The highest BCUT2D eigenvalue weighted by molar-refractivity contribution is 9.13. The quantitative estimate of drug-likeness (QED) is 0.518. The lowest BCUT2D eigenvalue weighted by Crippen LogP contribution is -2.22. The number of rotatable bonds is 5. The average molecular weight is 464 g/mol. The fourth-order valence-electron chi connectivity index (χ4n) is 1.71. The normalized spacial score (nSPS) is 12.9. The third-order valence-corrected chi connectivity index (χ3v) is 7.38. The second-order valence-electron chi connectivity index (χ2n) is 3.94. The molecule has 0 aliphatic carbocycles. The van der Waals surface area contributed by atoms with E-state index in [-0.39, 0.29) is 6.04 Å². The van der Waals surface area contributed by atoms with E-state index in [1.165, 1.54) is 16.2 Å². The molecule has 0 aliphatic heterocycles. The van der Waals surface area contributed by atoms with Crippen LogP contribution in [0.25, 0.3) is 0 Å². The van der Waals surface area contributed by atoms with Gasteiger partial charge in [0.2, 0.25) is 0 Å². The van der Waals surface area contributed by atoms with Crippen molar-refractivity contribution in [3.63, 3.8) is 0 Å². The number of hydrogen-bond acceptors (Lipinski definition) is 3. The third kappa shape index (κ3) is 3.96. The van der Waals surface area contributed by atoms with Crippen molar-refractivity contribution < 1.29 is 0 Å². The Morgan fingerprint density at radius 2 is 2.00 bits per heavy atom. The summed E-state index contributed by atoms with van der Waals surface area (Å²) in [5.74, 6) is 0. The van der Waals surface area contributed by atoms with E-state index in [9.17, 15) is 0 Å². The van der Waals surface area contributed by atoms with Crippen molar-refractivity contribution in [1.82, 2.24) is 5.32 Å². The zero-order valence-electron chi connectivity index (χ0n) is 9.97. The van der Waals surface area contributed by atoms with Gasteiger partial charge in [-0.15, -0.1) is 22.7 Å². The van der Waals surface area contributed by atoms with E-state index in [1.54, 1.807) is 11.3 Å². The van der Waals surface area contributed by atoms with E-state index in [2.05, 4.69) is 50.2 Å². The molecule has 0 bridgehead atoms. The summed E-state index contributed by atoms with van der Waals surface area (Å²) in [4.78, 5) is 1.21. The van der Waals surface area contributed by atoms with Crippen LogP contribution in [-0.4, -0.2) is 6.54 Å². The second-order valence-corrected chi connectivity index (χ2v) is 9.48. The van der Waals surface area contributed by atoms with Crippen molar-refractivity contribution in [1.29, 1.82) is 0 Å². The Labute approximate surface area is 147 Å². The van der Waals surface area contributed by atoms with Gasteiger partial charge in [-0.05, 0) is 57.0 Å². The molecule has 0 spiro atoms. The first-order valence-corrected chi connectivity index (χ1v) is 9.63. The summed E-state index contributed by atoms with van der Waals surface area (Å²) >= 11 is 22.5. The first kappa shape index (κ1) is 16.3. The van der Waals surface area contributed by atoms with Crippen LogP contribution in [0.5, 0.6) is 0 Å². The fourth-order valence-corrected chi connectivity index (χ4v) is 5.42. The smallest absolute Gasteiger partial charge is 0.0995 e. The number of hydrogen-bond donors (Lipinski definition) is 1. The molecule has 7 heteroatoms. The Morgan fingerprint density at radius 3 is 2.47 bits per heavy atom. The third-order valence-electron chi connectivity index (χ3n) is 2.54. The molecule has 0 fully saturated rings. The van der Waals surface area contributed by atoms with E-state index in [0.29, 0.717) is 0 Å². The van der Waals surface area contributed by atoms with Gasteiger partial charge in [-0.25, -0.2) is 0 Å². The van der Waals surface area contributed by atoms with Gasteiger partial charge in [0.1, 0.15) is 0 Å². The van der Waals surface area contributed by atoms with Gasteiger partial charge in [0.15, 0.2) is 0 Å². The van der Waals surface area contributed by atoms with Crippen LogP contribution in [0.1, 0.15) is 29.8 Å². The maximum Gasteiger partial charge on any atom is 0.0995 e. The predicted molar refractivity (Wildman–Crippen MR) is 94.2 cm³/mol. The minimum Gasteiger partial charge on any atom is -0.306 e. The van der Waals surface area contributed by atoms with Crippen molar-refractivity contribution in [3.05, 3.63) is 39.5 Å². The minimum absolute atomic E-state index is 0.0869. The van der Waals surface area contributed by atoms with Gasteiger partial charge in [0, 0.05) is 14.9 Å². The monoisotopic (exact) mass is 461 g/mol. The maximum absolute atomic E-state index is 6.29. The summed E-state index contributed by atoms with van der Waals surface area (Å²) in [6.45, 7) is 3.08. The Hall–Kier alpha value is 0.900. The van der Waals surface area contributed by atoms with Gasteiger partial charge in [0.25, 0.3) is 0 Å². The molecule has 1 atom stereocenters. The number of nitrogens with one attached hydrogen (secondary N) is 1. The highest BCUT2D eigenvalue weighted by Crippen LogP contribution is 2.42. The summed E-state index contributed by atoms with van der Waals surface area (Å²) in [6.07, 6.45) is 1.07. The molecule has 0 saturated heterocycles. The molecule has 2 heterocycles. The van der Waals surface area contributed by atoms with Crippen LogP contribution >= 0.6 is 77.7 Å². The molecule has 1 unspecified atom stereocenters. The summed E-state index contributed by atoms with van der Waals surface area (Å²) in [5, 5.41) is 3.53. The molecule has 19 heavy (non-hydrogen) atoms. The van der Waals surface area contributed by atoms with Gasteiger partial charge < -0.3 is 5.32 Å². The molecule has 2 aromatic heterocycles. The Kier molecular flexibility index (Phi) is 6.21. The maximum atomic E-state index is 6.29. The second kappa shape index (κ2) is 7.25. The lowest BCUT2D eigenvalue weighted by atomic mass is 10.1. The van der Waals surface area contributed by atoms with Gasteiger partial charge in [-0.2, -0.15) is 0 Å². The van der Waals surface area contributed by atoms with Crippen LogP contribution in [0.4, 0.5) is 0 Å². The van der Waals surface area contributed by atoms with Crippen molar-refractivity contribution >= 4 is 77.7 Å². The van der Waals surface area contributed by atoms with Gasteiger partial charge >= 0.3 is 0 Å². The molecule has 1 nitrogen and oxygen atoms in total. The zero-order chi connectivity index (χ0) is 14.0. The summed E-state index contributed by atoms with van der Waals surface area (Å²) in [5.41, 5.74) is 1.05. The highest BCUT2D eigenvalue weighted by atomic mass is 79.9. The first-order chi connectivity index (χ1) is 9.02. The van der Waals surface area contributed by atoms with E-state index in [0.717, 1.165) is 35.5 Å². The van der Waals surface area contributed by atoms with Crippen molar-refractivity contribution in [2.24, 2.45) is 0 Å². The Balaban J connectivity index is 2.38. The Bertz CT molecular complexity index is 549. The van der Waals surface area contributed by atoms with Crippen molar-refractivity contribution in [2.75, 3.05) is 6.54 Å². The summed E-state index contributed by atoms with van der Waals surface area (Å²) < 4.78 is 3.62. The minimum atomic E-state index is 0.0869. The molecule has 0 saturated carbocycles. The van der Waals surface area contributed by atoms with Crippen LogP contribution in [0.2, 0.25) is 8.67 Å². The SMILES string of the molecule is CCCNC(c1cc(Br)c(Br)s1)c1cc(Cl)sc1Cl. The lowest BCUT2D eigenvalue weighted by Gasteiger charge is -2.16. The molecule has 0 amide bonds. The molecule has 104 valence electrons. The number of thiophene rings is 2. The van der Waals surface area contributed by atoms with Gasteiger partial charge in [0.05, 0.1) is 18.5 Å². The first-order valence-electron chi connectivity index (χ1n) is 5.65. The van der Waals surface area contributed by atoms with Crippen molar-refractivity contribution in [2.45, 2.75) is 19.4 Å². The standard InChI is InChI=1S/C12H11Br2Cl2NS2/c1-2-3-17-10(6-4-9(15)19-12(6)16)8-5-7(13)11(14)18-8/h4-5,10,17H,2-3H2,1H3. The molecule has 2 aromatic rings. The largest absolute Gasteiger partial charge is 0.306 e. The van der Waals surface area contributed by atoms with Crippen LogP contribution in [0, 0.1) is 0 Å². The topological polar surface area (TPSA) is 12.0 Å². The van der Waals surface area contributed by atoms with Crippen LogP contribution < -0.4 is 5.32 Å². The molecule has 1 N–H and O–H groups in total. The molecule has 0 radical (unpaired) electrons. The Morgan fingerprint density at radius 1 is 1.26 bits per heavy atom. The lowest BCUT2D eigenvalue weighted by molar-refractivity contribution is 0.607. The zero-order valence-corrected chi connectivity index (χ0v) is 16.3. The molecular formula is C12H11Br2Cl2NS2. The molecular weight excluding hydrogens is 453 g/mol. The van der Waals surface area contributed by atoms with Gasteiger partial charge in [-0.3, -0.25) is 0 Å². The predicted octanol–water partition coefficient (Wildman–Crippen LogP) is 6.73. The van der Waals surface area contributed by atoms with E-state index < -0.39 is 0 Å². The molecule has 0 aromatic carbocycles. The van der Waals surface area contributed by atoms with Crippen molar-refractivity contribution in [3.8, 4) is 0 Å². The fraction of sp³-hybridized carbons (Fsp3) is 0.333. The van der Waals surface area contributed by atoms with Gasteiger partial charge in [-0.1, -0.05) is 30.1 Å².